The predicted molar refractivity (Wildman–Crippen MR) is 280 cm³/mol. The number of phenols is 2. The monoisotopic (exact) mass is 1170 g/mol. The van der Waals surface area contributed by atoms with Crippen LogP contribution in [0.2, 0.25) is 0 Å². The van der Waals surface area contributed by atoms with Crippen molar-refractivity contribution in [1.82, 2.24) is 5.32 Å². The maximum absolute atomic E-state index is 15.8. The SMILES string of the molecule is CC(=O)O[C@H]1C(=O)[C@@]2(C)[C@H]([C@H](OC(=O)c3ccccc3)[C@]3(O)C[C@H](OC(=O)[C@H](OC(=O)OCc4cc(=O)oc5cc(O)c(Br)cc45)[C@@H](NC(=O)c4ccccc4)c4ccc(O)cc4)C(C)=C1C3(C)C)[C@]1(OC(C)=O)CO[C@@H]1C[C@@H]2O. The van der Waals surface area contributed by atoms with Gasteiger partial charge in [0, 0.05) is 60.7 Å². The first-order chi connectivity index (χ1) is 37.8. The standard InChI is InChI=1S/C58H56BrNO20/c1-28-40(25-58(72)50(79-52(69)33-15-11-8-12-16-33)48-56(6,41(65)24-42-57(48,27-74-42)80-30(3)62)49(67)46(75-29(2)61)44(28)55(58,4)5)77-53(70)47(45(31-17-19-35(63)20-18-31)60-51(68)32-13-9-7-10-14-32)78-54(71)73-26-34-21-43(66)76-39-23-38(64)37(59)22-36(34)39/h7-23,40-42,45-48,50,63-65,72H,24-27H2,1-6H3,(H,60,68)/t40-,41-,42+,45-,46+,47+,48-,50-,56+,57-,58+/m0/s1. The van der Waals surface area contributed by atoms with Crippen LogP contribution in [0.25, 0.3) is 11.0 Å². The van der Waals surface area contributed by atoms with Crippen molar-refractivity contribution in [1.29, 1.82) is 0 Å². The fraction of sp³-hybridized carbons (Fsp3) is 0.379. The number of hydrogen-bond acceptors (Lipinski definition) is 20. The van der Waals surface area contributed by atoms with Gasteiger partial charge in [0.25, 0.3) is 5.91 Å². The molecule has 1 aliphatic heterocycles. The molecule has 0 spiro atoms. The van der Waals surface area contributed by atoms with Gasteiger partial charge in [0.15, 0.2) is 17.5 Å². The normalized spacial score (nSPS) is 27.2. The van der Waals surface area contributed by atoms with Gasteiger partial charge in [-0.1, -0.05) is 62.4 Å². The summed E-state index contributed by atoms with van der Waals surface area (Å²) >= 11 is 3.22. The number of aromatic hydroxyl groups is 2. The number of halogens is 1. The third kappa shape index (κ3) is 10.1. The Balaban J connectivity index is 1.19. The van der Waals surface area contributed by atoms with Crippen molar-refractivity contribution in [3.05, 3.63) is 151 Å². The molecule has 21 nitrogen and oxygen atoms in total. The number of amides is 1. The first kappa shape index (κ1) is 56.8. The number of ether oxygens (including phenoxy) is 7. The molecule has 9 rings (SSSR count). The van der Waals surface area contributed by atoms with E-state index in [-0.39, 0.29) is 66.8 Å². The molecule has 3 aliphatic carbocycles. The van der Waals surface area contributed by atoms with Gasteiger partial charge >= 0.3 is 35.7 Å². The summed E-state index contributed by atoms with van der Waals surface area (Å²) in [5.74, 6) is -8.17. The minimum absolute atomic E-state index is 0.00685. The lowest BCUT2D eigenvalue weighted by Gasteiger charge is -2.67. The molecule has 22 heteroatoms. The van der Waals surface area contributed by atoms with Crippen LogP contribution in [0.15, 0.2) is 128 Å². The first-order valence-corrected chi connectivity index (χ1v) is 26.1. The van der Waals surface area contributed by atoms with E-state index >= 15 is 9.59 Å². The summed E-state index contributed by atoms with van der Waals surface area (Å²) in [5, 5.41) is 49.9. The van der Waals surface area contributed by atoms with Crippen LogP contribution in [0.3, 0.4) is 0 Å². The summed E-state index contributed by atoms with van der Waals surface area (Å²) in [7, 11) is 0. The van der Waals surface area contributed by atoms with Crippen LogP contribution in [-0.2, 0) is 58.9 Å². The number of Topliss-reactive ketones (excluding diaryl/α,β-unsaturated/α-hetero) is 1. The van der Waals surface area contributed by atoms with Crippen molar-refractivity contribution in [2.45, 2.75) is 115 Å². The molecule has 0 unspecified atom stereocenters. The van der Waals surface area contributed by atoms with Crippen LogP contribution in [-0.4, -0.2) is 117 Å². The van der Waals surface area contributed by atoms with Gasteiger partial charge in [0.2, 0.25) is 6.10 Å². The van der Waals surface area contributed by atoms with Crippen molar-refractivity contribution < 1.29 is 91.6 Å². The van der Waals surface area contributed by atoms with E-state index in [1.54, 1.807) is 36.4 Å². The van der Waals surface area contributed by atoms with Crippen LogP contribution >= 0.6 is 15.9 Å². The number of phenolic OH excluding ortho intramolecular Hbond substituents is 2. The summed E-state index contributed by atoms with van der Waals surface area (Å²) < 4.78 is 47.6. The molecule has 4 aliphatic rings. The number of rotatable bonds is 13. The maximum Gasteiger partial charge on any atom is 0.509 e. The number of fused-ring (bicyclic) bond motifs is 6. The Morgan fingerprint density at radius 3 is 2.10 bits per heavy atom. The minimum atomic E-state index is -2.57. The molecular weight excluding hydrogens is 1110 g/mol. The lowest BCUT2D eigenvalue weighted by molar-refractivity contribution is -0.346. The number of ketones is 1. The minimum Gasteiger partial charge on any atom is -0.508 e. The van der Waals surface area contributed by atoms with Gasteiger partial charge in [0.05, 0.1) is 34.1 Å². The topological polar surface area (TPSA) is 307 Å². The molecule has 1 saturated heterocycles. The summed E-state index contributed by atoms with van der Waals surface area (Å²) in [6.45, 7) is 6.84. The van der Waals surface area contributed by atoms with Crippen LogP contribution in [0.5, 0.6) is 11.5 Å². The molecule has 3 fully saturated rings. The molecule has 1 aromatic heterocycles. The highest BCUT2D eigenvalue weighted by atomic mass is 79.9. The summed E-state index contributed by atoms with van der Waals surface area (Å²) in [4.78, 5) is 113. The summed E-state index contributed by atoms with van der Waals surface area (Å²) in [6.07, 6.45) is -13.3. The Morgan fingerprint density at radius 2 is 1.49 bits per heavy atom. The average molecular weight is 1170 g/mol. The molecule has 5 N–H and O–H groups in total. The van der Waals surface area contributed by atoms with E-state index in [1.165, 1.54) is 82.3 Å². The van der Waals surface area contributed by atoms with Gasteiger partial charge in [-0.05, 0) is 89.0 Å². The zero-order valence-corrected chi connectivity index (χ0v) is 45.5. The number of hydrogen-bond donors (Lipinski definition) is 5. The second-order valence-electron chi connectivity index (χ2n) is 21.1. The first-order valence-electron chi connectivity index (χ1n) is 25.3. The van der Waals surface area contributed by atoms with Gasteiger partial charge in [-0.2, -0.15) is 0 Å². The number of carbonyl (C=O) groups excluding carboxylic acids is 7. The molecule has 11 atom stereocenters. The second-order valence-corrected chi connectivity index (χ2v) is 21.9. The van der Waals surface area contributed by atoms with E-state index < -0.39 is 138 Å². The Hall–Kier alpha value is -7.92. The van der Waals surface area contributed by atoms with Crippen molar-refractivity contribution in [3.8, 4) is 11.5 Å². The lowest BCUT2D eigenvalue weighted by Crippen LogP contribution is -2.82. The number of esters is 4. The highest BCUT2D eigenvalue weighted by molar-refractivity contribution is 9.10. The van der Waals surface area contributed by atoms with Crippen LogP contribution in [0.1, 0.15) is 92.3 Å². The van der Waals surface area contributed by atoms with E-state index in [0.717, 1.165) is 26.0 Å². The summed E-state index contributed by atoms with van der Waals surface area (Å²) in [6, 6.07) is 22.4. The van der Waals surface area contributed by atoms with Crippen molar-refractivity contribution in [2.24, 2.45) is 16.7 Å². The van der Waals surface area contributed by atoms with Crippen LogP contribution in [0.4, 0.5) is 4.79 Å². The van der Waals surface area contributed by atoms with E-state index in [2.05, 4.69) is 21.2 Å². The molecule has 2 bridgehead atoms. The molecule has 420 valence electrons. The van der Waals surface area contributed by atoms with Gasteiger partial charge in [0.1, 0.15) is 53.6 Å². The van der Waals surface area contributed by atoms with Gasteiger partial charge in [-0.3, -0.25) is 19.2 Å². The van der Waals surface area contributed by atoms with Crippen LogP contribution in [0, 0.1) is 16.7 Å². The second kappa shape index (κ2) is 21.6. The largest absolute Gasteiger partial charge is 0.509 e. The van der Waals surface area contributed by atoms with E-state index in [1.807, 2.05) is 0 Å². The molecule has 0 radical (unpaired) electrons. The fourth-order valence-corrected chi connectivity index (χ4v) is 12.3. The van der Waals surface area contributed by atoms with E-state index in [9.17, 15) is 49.2 Å². The number of carbonyl (C=O) groups is 7. The molecule has 5 aromatic rings. The Labute approximate surface area is 464 Å². The predicted octanol–water partition coefficient (Wildman–Crippen LogP) is 6.38. The third-order valence-electron chi connectivity index (χ3n) is 16.0. The van der Waals surface area contributed by atoms with Crippen molar-refractivity contribution >= 4 is 68.6 Å². The van der Waals surface area contributed by atoms with E-state index in [0.29, 0.717) is 0 Å². The van der Waals surface area contributed by atoms with Gasteiger partial charge < -0.3 is 63.3 Å². The number of aliphatic hydroxyl groups is 2. The number of benzene rings is 4. The molecule has 1 amide bonds. The molecule has 4 aromatic carbocycles. The highest BCUT2D eigenvalue weighted by Crippen LogP contribution is 2.64. The zero-order chi connectivity index (χ0) is 57.8. The number of aliphatic hydroxyl groups excluding tert-OH is 1. The van der Waals surface area contributed by atoms with Crippen molar-refractivity contribution in [3.63, 3.8) is 0 Å². The zero-order valence-electron chi connectivity index (χ0n) is 44.0. The number of nitrogens with one attached hydrogen (secondary N) is 1. The smallest absolute Gasteiger partial charge is 0.508 e. The lowest BCUT2D eigenvalue weighted by atomic mass is 9.44. The quantitative estimate of drug-likeness (QED) is 0.0370. The maximum atomic E-state index is 15.8. The molecule has 2 heterocycles. The Bertz CT molecular complexity index is 3400. The highest BCUT2D eigenvalue weighted by Gasteiger charge is 2.78. The Morgan fingerprint density at radius 1 is 0.838 bits per heavy atom. The summed E-state index contributed by atoms with van der Waals surface area (Å²) in [5.41, 5.74) is -9.26. The van der Waals surface area contributed by atoms with Crippen molar-refractivity contribution in [2.75, 3.05) is 6.61 Å². The molecule has 2 saturated carbocycles. The molecule has 80 heavy (non-hydrogen) atoms. The molecular formula is C58H56BrNO20. The van der Waals surface area contributed by atoms with Crippen LogP contribution < -0.4 is 10.9 Å². The fourth-order valence-electron chi connectivity index (χ4n) is 11.9. The third-order valence-corrected chi connectivity index (χ3v) is 16.7. The average Bonchev–Trinajstić information content (AvgIpc) is 2.16. The van der Waals surface area contributed by atoms with E-state index in [4.69, 9.17) is 37.6 Å². The Kier molecular flexibility index (Phi) is 15.3. The van der Waals surface area contributed by atoms with Gasteiger partial charge in [-0.25, -0.2) is 19.2 Å². The van der Waals surface area contributed by atoms with Gasteiger partial charge in [-0.15, -0.1) is 0 Å².